The standard InChI is InChI=1S/C20H18ClN3O3S/c1-2-20(12-23-28(26,27)18-8-7-14(21)9-16(18)20)19(25)24-17-11-22-10-13-5-3-4-6-15(13)17/h3-11,23H,2,12H2,1H3,(H,24,25). The van der Waals surface area contributed by atoms with Crippen molar-refractivity contribution in [3.8, 4) is 0 Å². The first-order valence-corrected chi connectivity index (χ1v) is 10.7. The summed E-state index contributed by atoms with van der Waals surface area (Å²) in [6.07, 6.45) is 3.72. The minimum absolute atomic E-state index is 0.0385. The highest BCUT2D eigenvalue weighted by Crippen LogP contribution is 2.39. The second kappa shape index (κ2) is 6.84. The van der Waals surface area contributed by atoms with Crippen molar-refractivity contribution in [1.29, 1.82) is 0 Å². The number of benzene rings is 2. The van der Waals surface area contributed by atoms with Gasteiger partial charge in [0, 0.05) is 28.5 Å². The molecule has 1 amide bonds. The van der Waals surface area contributed by atoms with E-state index in [2.05, 4.69) is 15.0 Å². The topological polar surface area (TPSA) is 88.2 Å². The normalized spacial score (nSPS) is 20.5. The molecule has 28 heavy (non-hydrogen) atoms. The molecule has 144 valence electrons. The van der Waals surface area contributed by atoms with E-state index in [1.54, 1.807) is 18.5 Å². The van der Waals surface area contributed by atoms with Crippen molar-refractivity contribution < 1.29 is 13.2 Å². The zero-order chi connectivity index (χ0) is 19.9. The molecule has 2 aromatic carbocycles. The number of nitrogens with one attached hydrogen (secondary N) is 2. The van der Waals surface area contributed by atoms with Gasteiger partial charge in [0.05, 0.1) is 22.2 Å². The van der Waals surface area contributed by atoms with Gasteiger partial charge in [-0.1, -0.05) is 42.8 Å². The molecular weight excluding hydrogens is 398 g/mol. The van der Waals surface area contributed by atoms with Crippen LogP contribution in [0.3, 0.4) is 0 Å². The van der Waals surface area contributed by atoms with Gasteiger partial charge in [-0.15, -0.1) is 0 Å². The van der Waals surface area contributed by atoms with Gasteiger partial charge >= 0.3 is 0 Å². The van der Waals surface area contributed by atoms with Gasteiger partial charge in [-0.2, -0.15) is 0 Å². The van der Waals surface area contributed by atoms with Gasteiger partial charge in [-0.05, 0) is 30.2 Å². The molecule has 2 heterocycles. The molecule has 0 bridgehead atoms. The number of fused-ring (bicyclic) bond motifs is 2. The maximum absolute atomic E-state index is 13.4. The highest BCUT2D eigenvalue weighted by atomic mass is 35.5. The van der Waals surface area contributed by atoms with Gasteiger partial charge in [0.25, 0.3) is 0 Å². The van der Waals surface area contributed by atoms with Crippen molar-refractivity contribution in [2.24, 2.45) is 0 Å². The number of pyridine rings is 1. The summed E-state index contributed by atoms with van der Waals surface area (Å²) in [6.45, 7) is 1.81. The Kier molecular flexibility index (Phi) is 4.61. The van der Waals surface area contributed by atoms with Crippen molar-refractivity contribution >= 4 is 44.0 Å². The first kappa shape index (κ1) is 18.9. The number of aromatic nitrogens is 1. The van der Waals surface area contributed by atoms with E-state index in [0.29, 0.717) is 22.7 Å². The Morgan fingerprint density at radius 2 is 2.04 bits per heavy atom. The van der Waals surface area contributed by atoms with Crippen LogP contribution in [0.15, 0.2) is 59.8 Å². The fourth-order valence-corrected chi connectivity index (χ4v) is 5.19. The largest absolute Gasteiger partial charge is 0.323 e. The molecule has 6 nitrogen and oxygen atoms in total. The third-order valence-electron chi connectivity index (χ3n) is 5.27. The van der Waals surface area contributed by atoms with Crippen molar-refractivity contribution in [2.75, 3.05) is 11.9 Å². The lowest BCUT2D eigenvalue weighted by molar-refractivity contribution is -0.121. The van der Waals surface area contributed by atoms with Crippen LogP contribution in [-0.2, 0) is 20.2 Å². The molecule has 3 aromatic rings. The maximum atomic E-state index is 13.4. The van der Waals surface area contributed by atoms with Crippen molar-refractivity contribution in [1.82, 2.24) is 9.71 Å². The van der Waals surface area contributed by atoms with Crippen LogP contribution < -0.4 is 10.0 Å². The predicted octanol–water partition coefficient (Wildman–Crippen LogP) is 3.47. The third-order valence-corrected chi connectivity index (χ3v) is 6.96. The summed E-state index contributed by atoms with van der Waals surface area (Å²) >= 11 is 6.14. The Morgan fingerprint density at radius 3 is 2.82 bits per heavy atom. The van der Waals surface area contributed by atoms with Gasteiger partial charge in [-0.3, -0.25) is 9.78 Å². The van der Waals surface area contributed by atoms with Crippen LogP contribution in [0.2, 0.25) is 5.02 Å². The molecule has 1 atom stereocenters. The number of carbonyl (C=O) groups is 1. The lowest BCUT2D eigenvalue weighted by Crippen LogP contribution is -2.53. The minimum Gasteiger partial charge on any atom is -0.323 e. The summed E-state index contributed by atoms with van der Waals surface area (Å²) < 4.78 is 27.4. The van der Waals surface area contributed by atoms with E-state index >= 15 is 0 Å². The van der Waals surface area contributed by atoms with Crippen molar-refractivity contribution in [2.45, 2.75) is 23.7 Å². The van der Waals surface area contributed by atoms with E-state index < -0.39 is 15.4 Å². The zero-order valence-corrected chi connectivity index (χ0v) is 16.6. The molecule has 0 spiro atoms. The van der Waals surface area contributed by atoms with Crippen LogP contribution in [0.25, 0.3) is 10.8 Å². The number of halogens is 1. The molecular formula is C20H18ClN3O3S. The fourth-order valence-electron chi connectivity index (χ4n) is 3.64. The highest BCUT2D eigenvalue weighted by molar-refractivity contribution is 7.89. The summed E-state index contributed by atoms with van der Waals surface area (Å²) in [5.41, 5.74) is -0.0949. The molecule has 1 aromatic heterocycles. The van der Waals surface area contributed by atoms with E-state index in [1.165, 1.54) is 12.1 Å². The van der Waals surface area contributed by atoms with E-state index in [0.717, 1.165) is 10.8 Å². The Hall–Kier alpha value is -2.48. The molecule has 1 aliphatic heterocycles. The summed E-state index contributed by atoms with van der Waals surface area (Å²) in [7, 11) is -3.68. The Morgan fingerprint density at radius 1 is 1.25 bits per heavy atom. The number of rotatable bonds is 3. The first-order valence-electron chi connectivity index (χ1n) is 8.81. The molecule has 0 fully saturated rings. The second-order valence-electron chi connectivity index (χ2n) is 6.76. The molecule has 0 aliphatic carbocycles. The molecule has 0 saturated heterocycles. The number of sulfonamides is 1. The van der Waals surface area contributed by atoms with Crippen LogP contribution in [0.1, 0.15) is 18.9 Å². The predicted molar refractivity (Wildman–Crippen MR) is 109 cm³/mol. The van der Waals surface area contributed by atoms with E-state index in [1.807, 2.05) is 31.2 Å². The molecule has 2 N–H and O–H groups in total. The molecule has 1 unspecified atom stereocenters. The number of nitrogens with zero attached hydrogens (tertiary/aromatic N) is 1. The van der Waals surface area contributed by atoms with Crippen LogP contribution >= 0.6 is 11.6 Å². The van der Waals surface area contributed by atoms with E-state index in [-0.39, 0.29) is 17.3 Å². The lowest BCUT2D eigenvalue weighted by atomic mass is 9.77. The van der Waals surface area contributed by atoms with Crippen LogP contribution in [0.5, 0.6) is 0 Å². The SMILES string of the molecule is CCC1(C(=O)Nc2cncc3ccccc23)CNS(=O)(=O)c2ccc(Cl)cc21. The number of amides is 1. The summed E-state index contributed by atoms with van der Waals surface area (Å²) in [5.74, 6) is -0.306. The number of hydrogen-bond acceptors (Lipinski definition) is 4. The van der Waals surface area contributed by atoms with Gasteiger partial charge in [0.15, 0.2) is 0 Å². The quantitative estimate of drug-likeness (QED) is 0.685. The maximum Gasteiger partial charge on any atom is 0.240 e. The summed E-state index contributed by atoms with van der Waals surface area (Å²) in [5, 5.41) is 5.10. The Bertz CT molecular complexity index is 1190. The Balaban J connectivity index is 1.82. The molecule has 1 aliphatic rings. The third kappa shape index (κ3) is 2.96. The van der Waals surface area contributed by atoms with Crippen molar-refractivity contribution in [3.63, 3.8) is 0 Å². The minimum atomic E-state index is -3.68. The molecule has 0 saturated carbocycles. The van der Waals surface area contributed by atoms with Gasteiger partial charge in [-0.25, -0.2) is 13.1 Å². The van der Waals surface area contributed by atoms with Crippen LogP contribution in [-0.4, -0.2) is 25.9 Å². The van der Waals surface area contributed by atoms with Gasteiger partial charge < -0.3 is 5.32 Å². The molecule has 8 heteroatoms. The van der Waals surface area contributed by atoms with E-state index in [9.17, 15) is 13.2 Å². The van der Waals surface area contributed by atoms with Crippen LogP contribution in [0, 0.1) is 0 Å². The number of anilines is 1. The average Bonchev–Trinajstić information content (AvgIpc) is 2.68. The van der Waals surface area contributed by atoms with E-state index in [4.69, 9.17) is 11.6 Å². The number of hydrogen-bond donors (Lipinski definition) is 2. The van der Waals surface area contributed by atoms with Crippen LogP contribution in [0.4, 0.5) is 5.69 Å². The zero-order valence-electron chi connectivity index (χ0n) is 15.1. The fraction of sp³-hybridized carbons (Fsp3) is 0.200. The summed E-state index contributed by atoms with van der Waals surface area (Å²) in [6, 6.07) is 12.1. The smallest absolute Gasteiger partial charge is 0.240 e. The molecule has 0 radical (unpaired) electrons. The summed E-state index contributed by atoms with van der Waals surface area (Å²) in [4.78, 5) is 17.7. The molecule has 4 rings (SSSR count). The second-order valence-corrected chi connectivity index (χ2v) is 8.93. The van der Waals surface area contributed by atoms with Gasteiger partial charge in [0.1, 0.15) is 0 Å². The Labute approximate surface area is 168 Å². The first-order chi connectivity index (χ1) is 13.4. The van der Waals surface area contributed by atoms with Crippen molar-refractivity contribution in [3.05, 3.63) is 65.4 Å². The monoisotopic (exact) mass is 415 g/mol. The number of carbonyl (C=O) groups excluding carboxylic acids is 1. The average molecular weight is 416 g/mol. The lowest BCUT2D eigenvalue weighted by Gasteiger charge is -2.37. The van der Waals surface area contributed by atoms with Gasteiger partial charge in [0.2, 0.25) is 15.9 Å². The highest BCUT2D eigenvalue weighted by Gasteiger charge is 2.46.